The summed E-state index contributed by atoms with van der Waals surface area (Å²) in [6.45, 7) is 2.62. The molecular weight excluding hydrogens is 895 g/mol. The second-order valence-corrected chi connectivity index (χ2v) is 15.5. The summed E-state index contributed by atoms with van der Waals surface area (Å²) in [4.78, 5) is 119. The van der Waals surface area contributed by atoms with E-state index in [1.807, 2.05) is 0 Å². The molecule has 2 fully saturated rings. The summed E-state index contributed by atoms with van der Waals surface area (Å²) in [5, 5.41) is 63.3. The molecule has 0 saturated carbocycles. The molecule has 0 aromatic carbocycles. The van der Waals surface area contributed by atoms with Gasteiger partial charge < -0.3 is 50.1 Å². The van der Waals surface area contributed by atoms with Gasteiger partial charge in [-0.2, -0.15) is 0 Å². The minimum absolute atomic E-state index is 0. The Hall–Kier alpha value is -4.98. The Kier molecular flexibility index (Phi) is 18.6. The first-order valence-electron chi connectivity index (χ1n) is 17.1. The van der Waals surface area contributed by atoms with Crippen LogP contribution in [0, 0.1) is 0 Å². The number of aromatic nitrogens is 8. The van der Waals surface area contributed by atoms with Crippen molar-refractivity contribution in [3.05, 3.63) is 35.6 Å². The largest absolute Gasteiger partial charge is 1.00 e. The van der Waals surface area contributed by atoms with Crippen molar-refractivity contribution >= 4 is 83.0 Å². The number of carboxylic acids is 4. The van der Waals surface area contributed by atoms with Crippen LogP contribution in [0.2, 0.25) is 0 Å². The maximum atomic E-state index is 12.5. The van der Waals surface area contributed by atoms with Crippen LogP contribution in [0.25, 0.3) is 0 Å². The molecule has 0 aliphatic carbocycles. The van der Waals surface area contributed by atoms with Crippen LogP contribution in [0.4, 0.5) is 0 Å². The maximum Gasteiger partial charge on any atom is 1.00 e. The first-order valence-corrected chi connectivity index (χ1v) is 19.0. The van der Waals surface area contributed by atoms with Crippen LogP contribution in [0.3, 0.4) is 0 Å². The van der Waals surface area contributed by atoms with Crippen molar-refractivity contribution in [3.63, 3.8) is 0 Å². The number of nitrogens with zero attached hydrogens (tertiary/aromatic N) is 10. The molecule has 4 aliphatic heterocycles. The quantitative estimate of drug-likeness (QED) is 0.0690. The van der Waals surface area contributed by atoms with E-state index in [1.165, 1.54) is 12.7 Å². The smallest absolute Gasteiger partial charge is 0.543 e. The Morgan fingerprint density at radius 3 is 1.31 bits per heavy atom. The number of carbonyl (C=O) groups excluding carboxylic acids is 8. The van der Waals surface area contributed by atoms with Gasteiger partial charge in [0.15, 0.2) is 0 Å². The third-order valence-corrected chi connectivity index (χ3v) is 11.2. The molecule has 4 aliphatic rings. The second kappa shape index (κ2) is 22.4. The van der Waals surface area contributed by atoms with Gasteiger partial charge in [-0.1, -0.05) is 0 Å². The average molecular weight is 925 g/mol. The van der Waals surface area contributed by atoms with Crippen molar-refractivity contribution in [2.24, 2.45) is 0 Å². The van der Waals surface area contributed by atoms with E-state index >= 15 is 0 Å². The molecule has 6 rings (SSSR count). The molecule has 62 heavy (non-hydrogen) atoms. The molecule has 0 bridgehead atoms. The van der Waals surface area contributed by atoms with Crippen LogP contribution >= 0.6 is 23.5 Å². The minimum atomic E-state index is -1.74. The fourth-order valence-electron chi connectivity index (χ4n) is 5.78. The van der Waals surface area contributed by atoms with Crippen LogP contribution in [0.15, 0.2) is 35.6 Å². The number of amides is 4. The normalized spacial score (nSPS) is 22.0. The minimum Gasteiger partial charge on any atom is -0.543 e. The number of ether oxygens (including phenoxy) is 2. The first-order chi connectivity index (χ1) is 28.4. The standard InChI is InChI=1S/2C15H16N6O8S.2Na/c2*1-6-12(29-9(25)3-2-8(23)24)11(15(27)28)21-13(26)10(14(21)30-6)17-7(22)4-20-5-16-18-19-20;;/h2*5-6,10,14H,2-4H2,1H3,(H,17,22)(H,23,24)(H,27,28);;/q;;2*+1/p-2/t2*6?,10-,14-;;/m11../s1. The third kappa shape index (κ3) is 12.1. The predicted molar refractivity (Wildman–Crippen MR) is 185 cm³/mol. The third-order valence-electron chi connectivity index (χ3n) is 8.41. The van der Waals surface area contributed by atoms with Crippen molar-refractivity contribution in [2.45, 2.75) is 86.0 Å². The summed E-state index contributed by atoms with van der Waals surface area (Å²) in [6, 6.07) is -2.00. The van der Waals surface area contributed by atoms with Gasteiger partial charge in [0.05, 0.1) is 48.1 Å². The fraction of sp³-hybridized carbons (Fsp3) is 0.467. The Morgan fingerprint density at radius 1 is 0.661 bits per heavy atom. The molecule has 2 aromatic rings. The van der Waals surface area contributed by atoms with E-state index in [2.05, 4.69) is 41.7 Å². The van der Waals surface area contributed by atoms with Crippen molar-refractivity contribution in [3.8, 4) is 0 Å². The van der Waals surface area contributed by atoms with Gasteiger partial charge in [-0.05, 0) is 34.7 Å². The van der Waals surface area contributed by atoms with Crippen LogP contribution < -0.4 is 80.0 Å². The molecule has 4 N–H and O–H groups in total. The average Bonchev–Trinajstić information content (AvgIpc) is 3.90. The number of fused-ring (bicyclic) bond motifs is 2. The molecule has 6 atom stereocenters. The molecule has 320 valence electrons. The molecule has 2 aromatic heterocycles. The summed E-state index contributed by atoms with van der Waals surface area (Å²) in [5.74, 6) is -11.0. The number of esters is 2. The number of carbonyl (C=O) groups is 10. The van der Waals surface area contributed by atoms with Crippen molar-refractivity contribution < 1.29 is 137 Å². The molecule has 0 spiro atoms. The SMILES string of the molecule is CC1S[C@@H]2[C@H](NC(=O)Cn3cnnn3)C(=O)N2C(C(=O)[O-])=C1OC(=O)CCC(=O)O.CC1S[C@@H]2[C@H](NC(=O)Cn3cnnn3)C(=O)N2C(C(=O)[O-])=C1OC(=O)CCC(=O)O.[Na+].[Na+]. The zero-order chi connectivity index (χ0) is 44.0. The number of nitrogens with one attached hydrogen (secondary N) is 2. The number of hydrogen-bond acceptors (Lipinski definition) is 22. The first kappa shape index (κ1) is 51.4. The van der Waals surface area contributed by atoms with Gasteiger partial charge in [0, 0.05) is 0 Å². The zero-order valence-corrected chi connectivity index (χ0v) is 38.4. The number of thioether (sulfide) groups is 2. The summed E-state index contributed by atoms with van der Waals surface area (Å²) in [6.07, 6.45) is 0.513. The van der Waals surface area contributed by atoms with E-state index < -0.39 is 130 Å². The number of hydrogen-bond donors (Lipinski definition) is 4. The zero-order valence-electron chi connectivity index (χ0n) is 32.8. The van der Waals surface area contributed by atoms with Crippen molar-refractivity contribution in [1.29, 1.82) is 0 Å². The summed E-state index contributed by atoms with van der Waals surface area (Å²) < 4.78 is 12.4. The molecule has 2 unspecified atom stereocenters. The van der Waals surface area contributed by atoms with E-state index in [0.29, 0.717) is 0 Å². The van der Waals surface area contributed by atoms with Gasteiger partial charge >= 0.3 is 83.0 Å². The molecule has 28 nitrogen and oxygen atoms in total. The predicted octanol–water partition coefficient (Wildman–Crippen LogP) is -12.3. The van der Waals surface area contributed by atoms with Gasteiger partial charge in [0.25, 0.3) is 11.8 Å². The number of β-lactam (4-membered cyclic amide) rings is 2. The van der Waals surface area contributed by atoms with Crippen LogP contribution in [0.5, 0.6) is 0 Å². The second-order valence-electron chi connectivity index (χ2n) is 12.6. The molecule has 32 heteroatoms. The van der Waals surface area contributed by atoms with E-state index in [1.54, 1.807) is 13.8 Å². The summed E-state index contributed by atoms with van der Waals surface area (Å²) in [5.41, 5.74) is -1.24. The van der Waals surface area contributed by atoms with E-state index in [-0.39, 0.29) is 83.7 Å². The molecule has 6 heterocycles. The van der Waals surface area contributed by atoms with E-state index in [0.717, 1.165) is 42.7 Å². The van der Waals surface area contributed by atoms with Gasteiger partial charge in [0.2, 0.25) is 11.8 Å². The maximum absolute atomic E-state index is 12.5. The Bertz CT molecular complexity index is 2030. The van der Waals surface area contributed by atoms with Crippen LogP contribution in [0.1, 0.15) is 39.5 Å². The molecule has 4 amide bonds. The number of carboxylic acid groups (broad SMARTS) is 4. The summed E-state index contributed by atoms with van der Waals surface area (Å²) >= 11 is 2.19. The topological polar surface area (TPSA) is 393 Å². The Balaban J connectivity index is 0.000000320. The van der Waals surface area contributed by atoms with Crippen molar-refractivity contribution in [1.82, 2.24) is 60.8 Å². The molecular formula is C30H30N12Na2O16S2. The number of tetrazole rings is 2. The Labute approximate surface area is 399 Å². The van der Waals surface area contributed by atoms with Crippen LogP contribution in [-0.2, 0) is 70.5 Å². The van der Waals surface area contributed by atoms with Gasteiger partial charge in [-0.15, -0.1) is 33.7 Å². The van der Waals surface area contributed by atoms with Crippen LogP contribution in [-0.4, -0.2) is 153 Å². The van der Waals surface area contributed by atoms with Crippen molar-refractivity contribution in [2.75, 3.05) is 0 Å². The number of rotatable bonds is 16. The summed E-state index contributed by atoms with van der Waals surface area (Å²) in [7, 11) is 0. The fourth-order valence-corrected chi connectivity index (χ4v) is 8.52. The molecule has 2 saturated heterocycles. The molecule has 0 radical (unpaired) electrons. The Morgan fingerprint density at radius 2 is 1.02 bits per heavy atom. The van der Waals surface area contributed by atoms with Gasteiger partial charge in [0.1, 0.15) is 71.5 Å². The van der Waals surface area contributed by atoms with E-state index in [4.69, 9.17) is 19.7 Å². The van der Waals surface area contributed by atoms with Gasteiger partial charge in [-0.25, -0.2) is 9.36 Å². The monoisotopic (exact) mass is 924 g/mol. The van der Waals surface area contributed by atoms with Gasteiger partial charge in [-0.3, -0.25) is 48.2 Å². The van der Waals surface area contributed by atoms with E-state index in [9.17, 15) is 58.2 Å². The number of aliphatic carboxylic acids is 4.